The molecule has 0 atom stereocenters. The lowest BCUT2D eigenvalue weighted by atomic mass is 10.2. The molecule has 2 amide bonds. The van der Waals surface area contributed by atoms with Gasteiger partial charge in [0.15, 0.2) is 5.11 Å². The second-order valence-corrected chi connectivity index (χ2v) is 6.16. The van der Waals surface area contributed by atoms with Crippen molar-refractivity contribution in [2.75, 3.05) is 19.0 Å². The smallest absolute Gasteiger partial charge is 0.269 e. The standard InChI is InChI=1S/C17H17ClN4O2S/c1-22(2)14-9-5-12(6-10-14)16(24)20-21-17(25)19-15(23)11-3-7-13(18)8-4-11/h3-10H,1-2H3,(H,20,24)(H2,19,21,23,25). The summed E-state index contributed by atoms with van der Waals surface area (Å²) in [6, 6.07) is 13.4. The predicted octanol–water partition coefficient (Wildman–Crippen LogP) is 2.36. The average Bonchev–Trinajstić information content (AvgIpc) is 2.60. The summed E-state index contributed by atoms with van der Waals surface area (Å²) in [6.07, 6.45) is 0. The first-order valence-electron chi connectivity index (χ1n) is 7.31. The van der Waals surface area contributed by atoms with Crippen LogP contribution in [0.2, 0.25) is 5.02 Å². The topological polar surface area (TPSA) is 73.5 Å². The Morgan fingerprint density at radius 1 is 0.880 bits per heavy atom. The van der Waals surface area contributed by atoms with Crippen molar-refractivity contribution < 1.29 is 9.59 Å². The van der Waals surface area contributed by atoms with E-state index in [0.717, 1.165) is 5.69 Å². The molecule has 0 saturated heterocycles. The number of hydrogen-bond acceptors (Lipinski definition) is 4. The van der Waals surface area contributed by atoms with Crippen LogP contribution < -0.4 is 21.1 Å². The number of carbonyl (C=O) groups excluding carboxylic acids is 2. The summed E-state index contributed by atoms with van der Waals surface area (Å²) in [5.41, 5.74) is 6.77. The van der Waals surface area contributed by atoms with Crippen LogP contribution in [0.4, 0.5) is 5.69 Å². The lowest BCUT2D eigenvalue weighted by Crippen LogP contribution is -2.48. The van der Waals surface area contributed by atoms with Gasteiger partial charge in [0.2, 0.25) is 0 Å². The second-order valence-electron chi connectivity index (χ2n) is 5.31. The lowest BCUT2D eigenvalue weighted by Gasteiger charge is -2.13. The molecule has 0 radical (unpaired) electrons. The van der Waals surface area contributed by atoms with Crippen molar-refractivity contribution in [3.8, 4) is 0 Å². The van der Waals surface area contributed by atoms with E-state index in [-0.39, 0.29) is 11.0 Å². The number of anilines is 1. The summed E-state index contributed by atoms with van der Waals surface area (Å²) in [5.74, 6) is -0.771. The summed E-state index contributed by atoms with van der Waals surface area (Å²) in [4.78, 5) is 26.0. The molecular weight excluding hydrogens is 360 g/mol. The molecule has 8 heteroatoms. The number of nitrogens with one attached hydrogen (secondary N) is 3. The van der Waals surface area contributed by atoms with Crippen molar-refractivity contribution in [3.63, 3.8) is 0 Å². The quantitative estimate of drug-likeness (QED) is 0.566. The number of benzene rings is 2. The zero-order valence-electron chi connectivity index (χ0n) is 13.7. The van der Waals surface area contributed by atoms with Gasteiger partial charge in [-0.3, -0.25) is 25.8 Å². The van der Waals surface area contributed by atoms with Gasteiger partial charge in [-0.1, -0.05) is 11.6 Å². The van der Waals surface area contributed by atoms with Gasteiger partial charge in [-0.15, -0.1) is 0 Å². The highest BCUT2D eigenvalue weighted by Crippen LogP contribution is 2.12. The van der Waals surface area contributed by atoms with E-state index in [1.165, 1.54) is 0 Å². The van der Waals surface area contributed by atoms with Gasteiger partial charge in [0.1, 0.15) is 0 Å². The molecule has 0 heterocycles. The fourth-order valence-corrected chi connectivity index (χ4v) is 2.17. The molecule has 3 N–H and O–H groups in total. The molecule has 2 rings (SSSR count). The summed E-state index contributed by atoms with van der Waals surface area (Å²) < 4.78 is 0. The second kappa shape index (κ2) is 8.46. The van der Waals surface area contributed by atoms with E-state index in [0.29, 0.717) is 16.1 Å². The number of nitrogens with zero attached hydrogens (tertiary/aromatic N) is 1. The van der Waals surface area contributed by atoms with Gasteiger partial charge in [0.05, 0.1) is 0 Å². The van der Waals surface area contributed by atoms with Gasteiger partial charge in [-0.05, 0) is 60.7 Å². The van der Waals surface area contributed by atoms with Crippen LogP contribution in [0, 0.1) is 0 Å². The highest BCUT2D eigenvalue weighted by atomic mass is 35.5. The zero-order valence-corrected chi connectivity index (χ0v) is 15.2. The number of carbonyl (C=O) groups is 2. The molecule has 0 spiro atoms. The average molecular weight is 377 g/mol. The highest BCUT2D eigenvalue weighted by Gasteiger charge is 2.09. The Morgan fingerprint density at radius 2 is 1.40 bits per heavy atom. The van der Waals surface area contributed by atoms with Gasteiger partial charge in [-0.25, -0.2) is 0 Å². The Labute approximate surface area is 156 Å². The normalized spacial score (nSPS) is 9.88. The van der Waals surface area contributed by atoms with Gasteiger partial charge in [-0.2, -0.15) is 0 Å². The van der Waals surface area contributed by atoms with Crippen LogP contribution in [0.5, 0.6) is 0 Å². The summed E-state index contributed by atoms with van der Waals surface area (Å²) in [5, 5.41) is 2.98. The fraction of sp³-hybridized carbons (Fsp3) is 0.118. The monoisotopic (exact) mass is 376 g/mol. The van der Waals surface area contributed by atoms with E-state index >= 15 is 0 Å². The minimum Gasteiger partial charge on any atom is -0.378 e. The van der Waals surface area contributed by atoms with Gasteiger partial charge < -0.3 is 4.90 Å². The number of amides is 2. The van der Waals surface area contributed by atoms with E-state index in [4.69, 9.17) is 23.8 Å². The Bertz CT molecular complexity index is 776. The Balaban J connectivity index is 1.85. The predicted molar refractivity (Wildman–Crippen MR) is 103 cm³/mol. The van der Waals surface area contributed by atoms with Crippen molar-refractivity contribution in [1.29, 1.82) is 0 Å². The van der Waals surface area contributed by atoms with Crippen molar-refractivity contribution in [2.24, 2.45) is 0 Å². The lowest BCUT2D eigenvalue weighted by molar-refractivity contribution is 0.0934. The molecule has 130 valence electrons. The van der Waals surface area contributed by atoms with Gasteiger partial charge in [0, 0.05) is 35.9 Å². The summed E-state index contributed by atoms with van der Waals surface area (Å²) in [6.45, 7) is 0. The zero-order chi connectivity index (χ0) is 18.4. The summed E-state index contributed by atoms with van der Waals surface area (Å²) in [7, 11) is 3.83. The molecule has 0 aliphatic rings. The van der Waals surface area contributed by atoms with Crippen LogP contribution in [0.25, 0.3) is 0 Å². The third-order valence-corrected chi connectivity index (χ3v) is 3.73. The van der Waals surface area contributed by atoms with Crippen LogP contribution in [0.15, 0.2) is 48.5 Å². The molecule has 2 aromatic rings. The molecule has 0 bridgehead atoms. The number of thiocarbonyl (C=S) groups is 1. The van der Waals surface area contributed by atoms with Crippen LogP contribution >= 0.6 is 23.8 Å². The first-order chi connectivity index (χ1) is 11.9. The molecule has 0 aliphatic heterocycles. The number of hydrogen-bond donors (Lipinski definition) is 3. The van der Waals surface area contributed by atoms with E-state index in [9.17, 15) is 9.59 Å². The Morgan fingerprint density at radius 3 is 1.96 bits per heavy atom. The maximum absolute atomic E-state index is 12.0. The third kappa shape index (κ3) is 5.44. The number of halogens is 1. The maximum Gasteiger partial charge on any atom is 0.269 e. The van der Waals surface area contributed by atoms with Crippen molar-refractivity contribution in [3.05, 3.63) is 64.7 Å². The number of hydrazine groups is 1. The van der Waals surface area contributed by atoms with Crippen molar-refractivity contribution in [1.82, 2.24) is 16.2 Å². The summed E-state index contributed by atoms with van der Waals surface area (Å²) >= 11 is 10.8. The first-order valence-corrected chi connectivity index (χ1v) is 8.10. The molecule has 6 nitrogen and oxygen atoms in total. The molecule has 0 saturated carbocycles. The largest absolute Gasteiger partial charge is 0.378 e. The molecule has 0 aromatic heterocycles. The Kier molecular flexibility index (Phi) is 6.32. The maximum atomic E-state index is 12.0. The molecule has 2 aromatic carbocycles. The minimum absolute atomic E-state index is 0.0155. The van der Waals surface area contributed by atoms with Crippen LogP contribution in [0.1, 0.15) is 20.7 Å². The number of rotatable bonds is 3. The fourth-order valence-electron chi connectivity index (χ4n) is 1.90. The molecule has 0 aliphatic carbocycles. The van der Waals surface area contributed by atoms with E-state index in [1.54, 1.807) is 36.4 Å². The molecule has 0 unspecified atom stereocenters. The van der Waals surface area contributed by atoms with Crippen LogP contribution in [-0.4, -0.2) is 31.0 Å². The van der Waals surface area contributed by atoms with E-state index in [1.807, 2.05) is 31.1 Å². The Hall–Kier alpha value is -2.64. The third-order valence-electron chi connectivity index (χ3n) is 3.27. The molecule has 25 heavy (non-hydrogen) atoms. The van der Waals surface area contributed by atoms with E-state index in [2.05, 4.69) is 16.2 Å². The van der Waals surface area contributed by atoms with Gasteiger partial charge >= 0.3 is 0 Å². The van der Waals surface area contributed by atoms with E-state index < -0.39 is 5.91 Å². The highest BCUT2D eigenvalue weighted by molar-refractivity contribution is 7.80. The van der Waals surface area contributed by atoms with Crippen LogP contribution in [-0.2, 0) is 0 Å². The molecule has 0 fully saturated rings. The van der Waals surface area contributed by atoms with Crippen molar-refractivity contribution in [2.45, 2.75) is 0 Å². The van der Waals surface area contributed by atoms with Crippen molar-refractivity contribution >= 4 is 46.4 Å². The van der Waals surface area contributed by atoms with Crippen LogP contribution in [0.3, 0.4) is 0 Å². The minimum atomic E-state index is -0.404. The molecular formula is C17H17ClN4O2S. The SMILES string of the molecule is CN(C)c1ccc(C(=O)NNC(=S)NC(=O)c2ccc(Cl)cc2)cc1. The first kappa shape index (κ1) is 18.7. The van der Waals surface area contributed by atoms with Gasteiger partial charge in [0.25, 0.3) is 11.8 Å².